The van der Waals surface area contributed by atoms with Crippen molar-refractivity contribution in [2.24, 2.45) is 0 Å². The molecule has 0 bridgehead atoms. The van der Waals surface area contributed by atoms with Gasteiger partial charge in [0.05, 0.1) is 11.6 Å². The molecular formula is C18H17ClN2. The Bertz CT molecular complexity index is 778. The van der Waals surface area contributed by atoms with Crippen molar-refractivity contribution in [2.75, 3.05) is 7.05 Å². The molecule has 0 saturated carbocycles. The van der Waals surface area contributed by atoms with Gasteiger partial charge in [0.2, 0.25) is 0 Å². The van der Waals surface area contributed by atoms with Crippen molar-refractivity contribution in [1.29, 1.82) is 0 Å². The van der Waals surface area contributed by atoms with Crippen LogP contribution in [-0.4, -0.2) is 12.0 Å². The van der Waals surface area contributed by atoms with E-state index in [1.165, 1.54) is 5.56 Å². The molecule has 0 saturated heterocycles. The number of fused-ring (bicyclic) bond motifs is 1. The highest BCUT2D eigenvalue weighted by Gasteiger charge is 2.18. The van der Waals surface area contributed by atoms with Gasteiger partial charge in [-0.3, -0.25) is 4.98 Å². The Morgan fingerprint density at radius 3 is 2.57 bits per heavy atom. The first-order valence-corrected chi connectivity index (χ1v) is 7.36. The molecular weight excluding hydrogens is 280 g/mol. The molecule has 2 nitrogen and oxygen atoms in total. The fourth-order valence-electron chi connectivity index (χ4n) is 2.75. The molecule has 21 heavy (non-hydrogen) atoms. The lowest BCUT2D eigenvalue weighted by atomic mass is 9.94. The van der Waals surface area contributed by atoms with Gasteiger partial charge in [-0.05, 0) is 42.8 Å². The van der Waals surface area contributed by atoms with Gasteiger partial charge in [-0.2, -0.15) is 0 Å². The number of hydrogen-bond donors (Lipinski definition) is 1. The van der Waals surface area contributed by atoms with Gasteiger partial charge in [0.1, 0.15) is 0 Å². The van der Waals surface area contributed by atoms with Crippen LogP contribution >= 0.6 is 11.6 Å². The Kier molecular flexibility index (Phi) is 3.91. The second-order valence-electron chi connectivity index (χ2n) is 5.12. The molecule has 3 rings (SSSR count). The van der Waals surface area contributed by atoms with Gasteiger partial charge in [-0.15, -0.1) is 0 Å². The van der Waals surface area contributed by atoms with Crippen LogP contribution in [0, 0.1) is 6.92 Å². The average Bonchev–Trinajstić information content (AvgIpc) is 2.52. The van der Waals surface area contributed by atoms with Gasteiger partial charge >= 0.3 is 0 Å². The number of aryl methyl sites for hydroxylation is 1. The summed E-state index contributed by atoms with van der Waals surface area (Å²) in [5.41, 5.74) is 4.37. The van der Waals surface area contributed by atoms with Crippen LogP contribution in [0.2, 0.25) is 5.02 Å². The summed E-state index contributed by atoms with van der Waals surface area (Å²) in [4.78, 5) is 4.43. The smallest absolute Gasteiger partial charge is 0.0705 e. The summed E-state index contributed by atoms with van der Waals surface area (Å²) >= 11 is 6.51. The van der Waals surface area contributed by atoms with E-state index in [9.17, 15) is 0 Å². The molecule has 0 radical (unpaired) electrons. The van der Waals surface area contributed by atoms with Crippen LogP contribution in [0.15, 0.2) is 54.7 Å². The quantitative estimate of drug-likeness (QED) is 0.769. The number of hydrogen-bond acceptors (Lipinski definition) is 2. The van der Waals surface area contributed by atoms with E-state index in [-0.39, 0.29) is 6.04 Å². The van der Waals surface area contributed by atoms with Gasteiger partial charge in [0.25, 0.3) is 0 Å². The zero-order valence-electron chi connectivity index (χ0n) is 12.1. The minimum Gasteiger partial charge on any atom is -0.309 e. The summed E-state index contributed by atoms with van der Waals surface area (Å²) < 4.78 is 0. The number of nitrogens with zero attached hydrogens (tertiary/aromatic N) is 1. The first kappa shape index (κ1) is 14.1. The molecule has 1 unspecified atom stereocenters. The van der Waals surface area contributed by atoms with Gasteiger partial charge in [0.15, 0.2) is 0 Å². The Morgan fingerprint density at radius 1 is 1.00 bits per heavy atom. The third-order valence-electron chi connectivity index (χ3n) is 3.81. The Labute approximate surface area is 129 Å². The zero-order chi connectivity index (χ0) is 14.8. The van der Waals surface area contributed by atoms with E-state index in [1.54, 1.807) is 0 Å². The van der Waals surface area contributed by atoms with Gasteiger partial charge < -0.3 is 5.32 Å². The Morgan fingerprint density at radius 2 is 1.76 bits per heavy atom. The zero-order valence-corrected chi connectivity index (χ0v) is 12.9. The standard InChI is InChI=1S/C18H17ClN2/c1-12-6-3-8-15(17(12)19)18(20-2)14-7-4-10-16-13(14)9-5-11-21-16/h3-11,18,20H,1-2H3. The van der Waals surface area contributed by atoms with E-state index in [4.69, 9.17) is 11.6 Å². The molecule has 1 aromatic heterocycles. The Balaban J connectivity index is 2.21. The lowest BCUT2D eigenvalue weighted by Crippen LogP contribution is -2.18. The summed E-state index contributed by atoms with van der Waals surface area (Å²) in [7, 11) is 1.96. The molecule has 3 heteroatoms. The van der Waals surface area contributed by atoms with E-state index < -0.39 is 0 Å². The van der Waals surface area contributed by atoms with Gasteiger partial charge in [-0.1, -0.05) is 48.0 Å². The van der Waals surface area contributed by atoms with Crippen LogP contribution < -0.4 is 5.32 Å². The molecule has 2 aromatic carbocycles. The maximum absolute atomic E-state index is 6.51. The highest BCUT2D eigenvalue weighted by molar-refractivity contribution is 6.32. The minimum atomic E-state index is 0.0466. The van der Waals surface area contributed by atoms with Crippen molar-refractivity contribution in [2.45, 2.75) is 13.0 Å². The van der Waals surface area contributed by atoms with Crippen LogP contribution in [0.4, 0.5) is 0 Å². The van der Waals surface area contributed by atoms with Crippen LogP contribution in [-0.2, 0) is 0 Å². The molecule has 1 heterocycles. The molecule has 0 spiro atoms. The molecule has 0 amide bonds. The van der Waals surface area contributed by atoms with E-state index in [0.29, 0.717) is 0 Å². The fourth-order valence-corrected chi connectivity index (χ4v) is 2.99. The summed E-state index contributed by atoms with van der Waals surface area (Å²) in [6.07, 6.45) is 1.82. The molecule has 0 aliphatic carbocycles. The second kappa shape index (κ2) is 5.84. The maximum atomic E-state index is 6.51. The van der Waals surface area contributed by atoms with Crippen molar-refractivity contribution in [3.8, 4) is 0 Å². The van der Waals surface area contributed by atoms with Crippen LogP contribution in [0.25, 0.3) is 10.9 Å². The van der Waals surface area contributed by atoms with Crippen molar-refractivity contribution < 1.29 is 0 Å². The second-order valence-corrected chi connectivity index (χ2v) is 5.50. The van der Waals surface area contributed by atoms with Crippen molar-refractivity contribution >= 4 is 22.5 Å². The number of pyridine rings is 1. The number of aromatic nitrogens is 1. The third-order valence-corrected chi connectivity index (χ3v) is 4.33. The van der Waals surface area contributed by atoms with Gasteiger partial charge in [0, 0.05) is 16.6 Å². The molecule has 1 N–H and O–H groups in total. The van der Waals surface area contributed by atoms with Crippen LogP contribution in [0.1, 0.15) is 22.7 Å². The topological polar surface area (TPSA) is 24.9 Å². The average molecular weight is 297 g/mol. The summed E-state index contributed by atoms with van der Waals surface area (Å²) in [5, 5.41) is 5.35. The number of halogens is 1. The fraction of sp³-hybridized carbons (Fsp3) is 0.167. The predicted molar refractivity (Wildman–Crippen MR) is 88.8 cm³/mol. The monoisotopic (exact) mass is 296 g/mol. The first-order valence-electron chi connectivity index (χ1n) is 6.98. The summed E-state index contributed by atoms with van der Waals surface area (Å²) in [5.74, 6) is 0. The Hall–Kier alpha value is -1.90. The molecule has 1 atom stereocenters. The van der Waals surface area contributed by atoms with E-state index in [0.717, 1.165) is 27.1 Å². The molecule has 0 fully saturated rings. The normalized spacial score (nSPS) is 12.5. The SMILES string of the molecule is CNC(c1cccc(C)c1Cl)c1cccc2ncccc12. The first-order chi connectivity index (χ1) is 10.2. The highest BCUT2D eigenvalue weighted by atomic mass is 35.5. The molecule has 0 aliphatic heterocycles. The number of rotatable bonds is 3. The summed E-state index contributed by atoms with van der Waals surface area (Å²) in [6, 6.07) is 16.5. The van der Waals surface area contributed by atoms with E-state index in [2.05, 4.69) is 28.5 Å². The molecule has 3 aromatic rings. The molecule has 0 aliphatic rings. The largest absolute Gasteiger partial charge is 0.309 e. The van der Waals surface area contributed by atoms with Crippen LogP contribution in [0.5, 0.6) is 0 Å². The van der Waals surface area contributed by atoms with Crippen molar-refractivity contribution in [3.63, 3.8) is 0 Å². The van der Waals surface area contributed by atoms with E-state index in [1.807, 2.05) is 50.5 Å². The maximum Gasteiger partial charge on any atom is 0.0705 e. The molecule has 106 valence electrons. The summed E-state index contributed by atoms with van der Waals surface area (Å²) in [6.45, 7) is 2.03. The van der Waals surface area contributed by atoms with Gasteiger partial charge in [-0.25, -0.2) is 0 Å². The highest BCUT2D eigenvalue weighted by Crippen LogP contribution is 2.33. The van der Waals surface area contributed by atoms with Crippen molar-refractivity contribution in [1.82, 2.24) is 10.3 Å². The van der Waals surface area contributed by atoms with Crippen LogP contribution in [0.3, 0.4) is 0 Å². The van der Waals surface area contributed by atoms with E-state index >= 15 is 0 Å². The minimum absolute atomic E-state index is 0.0466. The third kappa shape index (κ3) is 2.53. The predicted octanol–water partition coefficient (Wildman–Crippen LogP) is 4.51. The lowest BCUT2D eigenvalue weighted by molar-refractivity contribution is 0.696. The number of nitrogens with one attached hydrogen (secondary N) is 1. The lowest BCUT2D eigenvalue weighted by Gasteiger charge is -2.21. The number of benzene rings is 2. The van der Waals surface area contributed by atoms with Crippen molar-refractivity contribution in [3.05, 3.63) is 76.4 Å².